The van der Waals surface area contributed by atoms with Crippen molar-refractivity contribution in [2.75, 3.05) is 19.7 Å². The second-order valence-electron chi connectivity index (χ2n) is 12.6. The quantitative estimate of drug-likeness (QED) is 0.168. The van der Waals surface area contributed by atoms with Gasteiger partial charge in [-0.05, 0) is 26.2 Å². The van der Waals surface area contributed by atoms with Gasteiger partial charge in [-0.25, -0.2) is 9.59 Å². The number of amides is 2. The van der Waals surface area contributed by atoms with Crippen LogP contribution in [0.4, 0.5) is 4.79 Å². The minimum Gasteiger partial charge on any atom is -0.459 e. The number of nitrogens with one attached hydrogen (secondary N) is 2. The Hall–Kier alpha value is -2.96. The van der Waals surface area contributed by atoms with Gasteiger partial charge < -0.3 is 66.6 Å². The molecule has 276 valence electrons. The highest BCUT2D eigenvalue weighted by Crippen LogP contribution is 2.34. The first-order valence-corrected chi connectivity index (χ1v) is 16.8. The first-order valence-electron chi connectivity index (χ1n) is 16.8. The van der Waals surface area contributed by atoms with Crippen LogP contribution in [0.1, 0.15) is 51.9 Å². The number of urea groups is 1. The predicted molar refractivity (Wildman–Crippen MR) is 179 cm³/mol. The van der Waals surface area contributed by atoms with Crippen molar-refractivity contribution in [1.29, 1.82) is 0 Å². The van der Waals surface area contributed by atoms with E-state index in [1.807, 2.05) is 18.2 Å². The van der Waals surface area contributed by atoms with Crippen molar-refractivity contribution in [3.05, 3.63) is 60.8 Å². The number of hydrogen-bond donors (Lipinski definition) is 9. The maximum atomic E-state index is 12.6. The maximum Gasteiger partial charge on any atom is 0.330 e. The Morgan fingerprint density at radius 2 is 1.78 bits per heavy atom. The number of esters is 1. The number of fused-ring (bicyclic) bond motifs is 2. The van der Waals surface area contributed by atoms with Crippen molar-refractivity contribution in [2.24, 2.45) is 11.5 Å². The van der Waals surface area contributed by atoms with E-state index in [-0.39, 0.29) is 64.3 Å². The highest BCUT2D eigenvalue weighted by molar-refractivity contribution is 5.82. The molecule has 3 rings (SSSR count). The predicted octanol–water partition coefficient (Wildman–Crippen LogP) is -0.330. The summed E-state index contributed by atoms with van der Waals surface area (Å²) in [5.74, 6) is -2.37. The zero-order valence-electron chi connectivity index (χ0n) is 28.0. The number of rotatable bonds is 5. The molecule has 0 aromatic heterocycles. The average Bonchev–Trinajstić information content (AvgIpc) is 3.03. The molecule has 11 N–H and O–H groups in total. The molecule has 2 saturated heterocycles. The summed E-state index contributed by atoms with van der Waals surface area (Å²) in [5.41, 5.74) is 11.5. The van der Waals surface area contributed by atoms with Gasteiger partial charge >= 0.3 is 12.0 Å². The highest BCUT2D eigenvalue weighted by Gasteiger charge is 2.44. The van der Waals surface area contributed by atoms with Crippen LogP contribution < -0.4 is 22.1 Å². The number of cyclic esters (lactones) is 1. The average molecular weight is 695 g/mol. The number of carbonyl (C=O) groups is 2. The van der Waals surface area contributed by atoms with Crippen LogP contribution in [0.15, 0.2) is 60.8 Å². The second-order valence-corrected chi connectivity index (χ2v) is 12.6. The van der Waals surface area contributed by atoms with E-state index in [0.717, 1.165) is 0 Å². The van der Waals surface area contributed by atoms with E-state index in [0.29, 0.717) is 6.42 Å². The molecular formula is C34H54N4O11. The van der Waals surface area contributed by atoms with Crippen LogP contribution >= 0.6 is 0 Å². The standard InChI is InChI=1S/C34H54N4O11/c1-22-10-7-5-3-2-4-6-8-12-25(48-32-31(43)30(36)27(41)21-46-32)19-28-26(38-33(44)37-17-16-35)14-15-34(45,49-28)20-24(40)18-23(39)11-9-13-29(42)47-22/h2-9,12-13,22-28,30-32,39-41,43,45H,10-11,14-21,35-36H2,1H3,(H2,37,38,44)/b3-2+,6-4+,7-5+,12-8+,13-9+/t22?,23?,24?,25?,26?,27?,28-,30-,31-,32?,34?/m0/s1. The molecular weight excluding hydrogens is 640 g/mol. The van der Waals surface area contributed by atoms with Crippen molar-refractivity contribution >= 4 is 12.0 Å². The number of hydrogen-bond acceptors (Lipinski definition) is 13. The summed E-state index contributed by atoms with van der Waals surface area (Å²) in [4.78, 5) is 24.8. The first kappa shape index (κ1) is 40.5. The number of aliphatic hydroxyl groups excluding tert-OH is 4. The molecule has 0 saturated carbocycles. The molecule has 15 nitrogen and oxygen atoms in total. The summed E-state index contributed by atoms with van der Waals surface area (Å²) in [7, 11) is 0. The summed E-state index contributed by atoms with van der Waals surface area (Å²) in [6.07, 6.45) is 9.75. The SMILES string of the molecule is CC1C/C=C/C=C/C=C/C=C/C(OC2OCC(O)[C@H](N)[C@@H]2O)C[C@@H]2OC(O)(CCC2NC(=O)NCCN)CC(O)CC(O)C/C=C/C(=O)O1. The van der Waals surface area contributed by atoms with Gasteiger partial charge in [0.05, 0.1) is 49.2 Å². The van der Waals surface area contributed by atoms with Crippen LogP contribution in [-0.4, -0.2) is 124 Å². The van der Waals surface area contributed by atoms with Crippen molar-refractivity contribution in [3.8, 4) is 0 Å². The van der Waals surface area contributed by atoms with Crippen molar-refractivity contribution in [3.63, 3.8) is 0 Å². The van der Waals surface area contributed by atoms with Crippen LogP contribution in [0, 0.1) is 0 Å². The van der Waals surface area contributed by atoms with E-state index in [1.54, 1.807) is 37.3 Å². The molecule has 3 aliphatic heterocycles. The van der Waals surface area contributed by atoms with Gasteiger partial charge in [0.2, 0.25) is 0 Å². The molecule has 0 aromatic carbocycles. The van der Waals surface area contributed by atoms with Gasteiger partial charge in [-0.1, -0.05) is 54.7 Å². The largest absolute Gasteiger partial charge is 0.459 e. The van der Waals surface area contributed by atoms with E-state index >= 15 is 0 Å². The normalized spacial score (nSPS) is 40.4. The molecule has 8 unspecified atom stereocenters. The van der Waals surface area contributed by atoms with Crippen LogP contribution in [0.2, 0.25) is 0 Å². The van der Waals surface area contributed by atoms with Gasteiger partial charge in [-0.3, -0.25) is 0 Å². The number of ether oxygens (including phenoxy) is 4. The maximum absolute atomic E-state index is 12.6. The fraction of sp³-hybridized carbons (Fsp3) is 0.647. The topological polar surface area (TPSA) is 248 Å². The van der Waals surface area contributed by atoms with Crippen LogP contribution in [-0.2, 0) is 23.7 Å². The lowest BCUT2D eigenvalue weighted by Crippen LogP contribution is -2.59. The summed E-state index contributed by atoms with van der Waals surface area (Å²) in [5, 5.41) is 59.1. The van der Waals surface area contributed by atoms with Crippen LogP contribution in [0.5, 0.6) is 0 Å². The molecule has 0 aromatic rings. The molecule has 0 aliphatic carbocycles. The molecule has 49 heavy (non-hydrogen) atoms. The fourth-order valence-electron chi connectivity index (χ4n) is 5.70. The van der Waals surface area contributed by atoms with Gasteiger partial charge in [-0.2, -0.15) is 0 Å². The molecule has 3 heterocycles. The molecule has 0 radical (unpaired) electrons. The van der Waals surface area contributed by atoms with Gasteiger partial charge in [-0.15, -0.1) is 0 Å². The number of aliphatic hydroxyl groups is 5. The van der Waals surface area contributed by atoms with E-state index in [9.17, 15) is 35.1 Å². The Morgan fingerprint density at radius 3 is 2.53 bits per heavy atom. The Morgan fingerprint density at radius 1 is 1.04 bits per heavy atom. The summed E-state index contributed by atoms with van der Waals surface area (Å²) < 4.78 is 23.2. The van der Waals surface area contributed by atoms with E-state index in [1.165, 1.54) is 12.2 Å². The molecule has 3 aliphatic rings. The minimum atomic E-state index is -1.82. The third kappa shape index (κ3) is 14.4. The zero-order valence-corrected chi connectivity index (χ0v) is 28.0. The molecule has 2 amide bonds. The van der Waals surface area contributed by atoms with E-state index in [4.69, 9.17) is 30.4 Å². The molecule has 15 heteroatoms. The van der Waals surface area contributed by atoms with E-state index in [2.05, 4.69) is 10.6 Å². The van der Waals surface area contributed by atoms with Gasteiger partial charge in [0.25, 0.3) is 0 Å². The molecule has 11 atom stereocenters. The number of nitrogens with two attached hydrogens (primary N) is 2. The van der Waals surface area contributed by atoms with Crippen molar-refractivity contribution < 1.29 is 54.1 Å². The highest BCUT2D eigenvalue weighted by atomic mass is 16.7. The summed E-state index contributed by atoms with van der Waals surface area (Å²) in [6, 6.07) is -2.08. The van der Waals surface area contributed by atoms with Gasteiger partial charge in [0, 0.05) is 44.8 Å². The zero-order chi connectivity index (χ0) is 35.8. The summed E-state index contributed by atoms with van der Waals surface area (Å²) >= 11 is 0. The first-order chi connectivity index (χ1) is 23.4. The lowest BCUT2D eigenvalue weighted by molar-refractivity contribution is -0.284. The third-order valence-corrected chi connectivity index (χ3v) is 8.30. The molecule has 0 spiro atoms. The minimum absolute atomic E-state index is 0.0600. The van der Waals surface area contributed by atoms with Crippen molar-refractivity contribution in [1.82, 2.24) is 10.6 Å². The molecule has 2 bridgehead atoms. The monoisotopic (exact) mass is 694 g/mol. The summed E-state index contributed by atoms with van der Waals surface area (Å²) in [6.45, 7) is 2.10. The van der Waals surface area contributed by atoms with Gasteiger partial charge in [0.1, 0.15) is 12.2 Å². The number of carbonyl (C=O) groups excluding carboxylic acids is 2. The van der Waals surface area contributed by atoms with E-state index < -0.39 is 72.8 Å². The van der Waals surface area contributed by atoms with Crippen molar-refractivity contribution in [2.45, 2.75) is 119 Å². The molecule has 2 fully saturated rings. The lowest BCUT2D eigenvalue weighted by Gasteiger charge is -2.44. The Kier molecular flexibility index (Phi) is 17.1. The van der Waals surface area contributed by atoms with Crippen LogP contribution in [0.25, 0.3) is 0 Å². The number of allylic oxidation sites excluding steroid dienone is 6. The third-order valence-electron chi connectivity index (χ3n) is 8.30. The Balaban J connectivity index is 1.88. The smallest absolute Gasteiger partial charge is 0.330 e. The second kappa shape index (κ2) is 20.7. The van der Waals surface area contributed by atoms with Crippen LogP contribution in [0.3, 0.4) is 0 Å². The Bertz CT molecular complexity index is 1180. The fourth-order valence-corrected chi connectivity index (χ4v) is 5.70. The Labute approximate surface area is 287 Å². The lowest BCUT2D eigenvalue weighted by atomic mass is 9.89. The van der Waals surface area contributed by atoms with Gasteiger partial charge in [0.15, 0.2) is 12.1 Å².